The molecule has 0 heterocycles. The predicted octanol–water partition coefficient (Wildman–Crippen LogP) is 7.92. The van der Waals surface area contributed by atoms with Gasteiger partial charge in [0.25, 0.3) is 0 Å². The monoisotopic (exact) mass is 469 g/mol. The summed E-state index contributed by atoms with van der Waals surface area (Å²) in [6.07, 6.45) is 0. The molecule has 5 heteroatoms. The Morgan fingerprint density at radius 2 is 1.06 bits per heavy atom. The van der Waals surface area contributed by atoms with E-state index in [2.05, 4.69) is 4.90 Å². The van der Waals surface area contributed by atoms with E-state index in [4.69, 9.17) is 4.74 Å². The lowest BCUT2D eigenvalue weighted by atomic mass is 10.0. The van der Waals surface area contributed by atoms with Gasteiger partial charge in [0.2, 0.25) is 0 Å². The van der Waals surface area contributed by atoms with Crippen molar-refractivity contribution >= 4 is 17.1 Å². The first-order valence-corrected chi connectivity index (χ1v) is 11.6. The van der Waals surface area contributed by atoms with Crippen LogP contribution >= 0.6 is 0 Å². The Morgan fingerprint density at radius 3 is 1.63 bits per heavy atom. The van der Waals surface area contributed by atoms with Crippen molar-refractivity contribution in [3.63, 3.8) is 0 Å². The summed E-state index contributed by atoms with van der Waals surface area (Å²) in [5, 5.41) is 30.9. The van der Waals surface area contributed by atoms with Crippen molar-refractivity contribution in [2.24, 2.45) is 0 Å². The van der Waals surface area contributed by atoms with Crippen LogP contribution in [0.1, 0.15) is 33.4 Å². The van der Waals surface area contributed by atoms with Gasteiger partial charge in [-0.2, -0.15) is 0 Å². The van der Waals surface area contributed by atoms with Crippen LogP contribution in [0.25, 0.3) is 0 Å². The number of aromatic hydroxyl groups is 3. The summed E-state index contributed by atoms with van der Waals surface area (Å²) in [7, 11) is 0. The van der Waals surface area contributed by atoms with Crippen LogP contribution in [-0.4, -0.2) is 15.3 Å². The molecule has 0 saturated heterocycles. The summed E-state index contributed by atoms with van der Waals surface area (Å²) in [5.74, 6) is 1.82. The van der Waals surface area contributed by atoms with Gasteiger partial charge in [-0.05, 0) is 117 Å². The van der Waals surface area contributed by atoms with Crippen molar-refractivity contribution in [3.05, 3.63) is 94.0 Å². The minimum Gasteiger partial charge on any atom is -0.508 e. The molecule has 0 spiro atoms. The zero-order valence-electron chi connectivity index (χ0n) is 21.0. The Bertz CT molecular complexity index is 1370. The molecule has 4 aromatic rings. The van der Waals surface area contributed by atoms with Gasteiger partial charge < -0.3 is 25.0 Å². The average Bonchev–Trinajstić information content (AvgIpc) is 2.83. The van der Waals surface area contributed by atoms with Gasteiger partial charge in [-0.3, -0.25) is 0 Å². The molecule has 4 rings (SSSR count). The smallest absolute Gasteiger partial charge is 0.151 e. The average molecular weight is 470 g/mol. The number of aryl methyl sites for hydroxylation is 2. The highest BCUT2D eigenvalue weighted by Gasteiger charge is 2.23. The predicted molar refractivity (Wildman–Crippen MR) is 141 cm³/mol. The minimum atomic E-state index is 0.176. The molecule has 4 aromatic carbocycles. The van der Waals surface area contributed by atoms with E-state index in [0.717, 1.165) is 50.4 Å². The summed E-state index contributed by atoms with van der Waals surface area (Å²) in [6.45, 7) is 11.5. The van der Waals surface area contributed by atoms with Crippen LogP contribution in [0.4, 0.5) is 17.1 Å². The van der Waals surface area contributed by atoms with E-state index in [1.165, 1.54) is 0 Å². The third kappa shape index (κ3) is 4.37. The minimum absolute atomic E-state index is 0.176. The lowest BCUT2D eigenvalue weighted by Gasteiger charge is -2.31. The maximum Gasteiger partial charge on any atom is 0.151 e. The van der Waals surface area contributed by atoms with Gasteiger partial charge in [-0.25, -0.2) is 0 Å². The van der Waals surface area contributed by atoms with Gasteiger partial charge in [0, 0.05) is 17.4 Å². The molecular formula is C30H31NO4. The molecular weight excluding hydrogens is 438 g/mol. The number of para-hydroxylation sites is 2. The van der Waals surface area contributed by atoms with Crippen molar-refractivity contribution < 1.29 is 20.1 Å². The largest absolute Gasteiger partial charge is 0.508 e. The van der Waals surface area contributed by atoms with Crippen LogP contribution in [0, 0.1) is 41.5 Å². The number of anilines is 3. The highest BCUT2D eigenvalue weighted by molar-refractivity contribution is 5.85. The maximum absolute atomic E-state index is 10.3. The Kier molecular flexibility index (Phi) is 6.35. The van der Waals surface area contributed by atoms with Gasteiger partial charge in [0.1, 0.15) is 23.0 Å². The fourth-order valence-electron chi connectivity index (χ4n) is 4.24. The molecule has 0 saturated carbocycles. The zero-order chi connectivity index (χ0) is 25.4. The van der Waals surface area contributed by atoms with Crippen LogP contribution in [-0.2, 0) is 0 Å². The van der Waals surface area contributed by atoms with Gasteiger partial charge in [-0.1, -0.05) is 12.1 Å². The van der Waals surface area contributed by atoms with Crippen LogP contribution in [0.5, 0.6) is 28.7 Å². The zero-order valence-corrected chi connectivity index (χ0v) is 21.0. The molecule has 0 unspecified atom stereocenters. The number of benzene rings is 4. The van der Waals surface area contributed by atoms with E-state index in [1.807, 2.05) is 84.0 Å². The Labute approximate surface area is 206 Å². The van der Waals surface area contributed by atoms with Crippen molar-refractivity contribution in [1.29, 1.82) is 0 Å². The highest BCUT2D eigenvalue weighted by atomic mass is 16.5. The van der Waals surface area contributed by atoms with E-state index in [0.29, 0.717) is 11.5 Å². The second-order valence-electron chi connectivity index (χ2n) is 9.02. The van der Waals surface area contributed by atoms with E-state index in [-0.39, 0.29) is 17.2 Å². The quantitative estimate of drug-likeness (QED) is 0.277. The first-order valence-electron chi connectivity index (χ1n) is 11.6. The van der Waals surface area contributed by atoms with E-state index in [1.54, 1.807) is 18.2 Å². The molecule has 180 valence electrons. The molecule has 35 heavy (non-hydrogen) atoms. The fraction of sp³-hybridized carbons (Fsp3) is 0.200. The van der Waals surface area contributed by atoms with Crippen LogP contribution in [0.3, 0.4) is 0 Å². The lowest BCUT2D eigenvalue weighted by Crippen LogP contribution is -2.14. The third-order valence-electron chi connectivity index (χ3n) is 6.76. The third-order valence-corrected chi connectivity index (χ3v) is 6.76. The highest BCUT2D eigenvalue weighted by Crippen LogP contribution is 2.46. The van der Waals surface area contributed by atoms with E-state index >= 15 is 0 Å². The second kappa shape index (κ2) is 9.26. The standard InChI is InChI=1S/C30H31NO4/c1-17-15-18(2)30(16-28(17)34)35-29-10-8-7-9-25(29)31(23-11-13-26(32)21(5)19(23)3)24-12-14-27(33)22(6)20(24)4/h7-16,32-34H,1-6H3. The van der Waals surface area contributed by atoms with Gasteiger partial charge in [0.15, 0.2) is 5.75 Å². The molecule has 0 aliphatic heterocycles. The van der Waals surface area contributed by atoms with E-state index < -0.39 is 0 Å². The van der Waals surface area contributed by atoms with Gasteiger partial charge in [0.05, 0.1) is 5.69 Å². The SMILES string of the molecule is Cc1cc(C)c(Oc2ccccc2N(c2ccc(O)c(C)c2C)c2ccc(O)c(C)c2C)cc1O. The molecule has 5 nitrogen and oxygen atoms in total. The number of phenolic OH excluding ortho intramolecular Hbond substituents is 3. The Balaban J connectivity index is 1.97. The number of nitrogens with zero attached hydrogens (tertiary/aromatic N) is 1. The Hall–Kier alpha value is -4.12. The summed E-state index contributed by atoms with van der Waals surface area (Å²) in [6, 6.07) is 18.4. The fourth-order valence-corrected chi connectivity index (χ4v) is 4.24. The van der Waals surface area contributed by atoms with Crippen molar-refractivity contribution in [3.8, 4) is 28.7 Å². The van der Waals surface area contributed by atoms with Crippen LogP contribution < -0.4 is 9.64 Å². The lowest BCUT2D eigenvalue weighted by molar-refractivity contribution is 0.450. The summed E-state index contributed by atoms with van der Waals surface area (Å²) >= 11 is 0. The number of ether oxygens (including phenoxy) is 1. The number of hydrogen-bond donors (Lipinski definition) is 3. The molecule has 0 atom stereocenters. The van der Waals surface area contributed by atoms with Gasteiger partial charge >= 0.3 is 0 Å². The molecule has 0 aliphatic rings. The summed E-state index contributed by atoms with van der Waals surface area (Å²) in [5.41, 5.74) is 7.68. The number of rotatable bonds is 5. The molecule has 0 aliphatic carbocycles. The van der Waals surface area contributed by atoms with Gasteiger partial charge in [-0.15, -0.1) is 0 Å². The normalized spacial score (nSPS) is 10.9. The first-order chi connectivity index (χ1) is 16.6. The molecule has 0 radical (unpaired) electrons. The summed E-state index contributed by atoms with van der Waals surface area (Å²) < 4.78 is 6.39. The maximum atomic E-state index is 10.3. The number of phenols is 3. The Morgan fingerprint density at radius 1 is 0.514 bits per heavy atom. The molecule has 0 bridgehead atoms. The van der Waals surface area contributed by atoms with E-state index in [9.17, 15) is 15.3 Å². The molecule has 0 amide bonds. The topological polar surface area (TPSA) is 73.2 Å². The van der Waals surface area contributed by atoms with Crippen molar-refractivity contribution in [2.45, 2.75) is 41.5 Å². The van der Waals surface area contributed by atoms with Crippen molar-refractivity contribution in [1.82, 2.24) is 0 Å². The molecule has 3 N–H and O–H groups in total. The molecule has 0 fully saturated rings. The van der Waals surface area contributed by atoms with Crippen LogP contribution in [0.15, 0.2) is 60.7 Å². The van der Waals surface area contributed by atoms with Crippen molar-refractivity contribution in [2.75, 3.05) is 4.90 Å². The number of hydrogen-bond acceptors (Lipinski definition) is 5. The first kappa shape index (κ1) is 24.0. The second-order valence-corrected chi connectivity index (χ2v) is 9.02. The summed E-state index contributed by atoms with van der Waals surface area (Å²) in [4.78, 5) is 2.09. The van der Waals surface area contributed by atoms with Crippen LogP contribution in [0.2, 0.25) is 0 Å². The molecule has 0 aromatic heterocycles.